The molecule has 1 aromatic heterocycles. The monoisotopic (exact) mass is 421 g/mol. The Morgan fingerprint density at radius 2 is 1.88 bits per heavy atom. The molecule has 0 bridgehead atoms. The molecule has 0 saturated carbocycles. The van der Waals surface area contributed by atoms with Crippen molar-refractivity contribution in [3.63, 3.8) is 0 Å². The summed E-state index contributed by atoms with van der Waals surface area (Å²) in [5.41, 5.74) is 3.13. The number of hydrogen-bond acceptors (Lipinski definition) is 4. The summed E-state index contributed by atoms with van der Waals surface area (Å²) >= 11 is 0. The number of allylic oxidation sites excluding steroid dienone is 4. The molecular weight excluding hydrogens is 394 g/mol. The van der Waals surface area contributed by atoms with Crippen molar-refractivity contribution in [2.45, 2.75) is 45.6 Å². The Hall–Kier alpha value is -3.71. The van der Waals surface area contributed by atoms with Crippen LogP contribution < -0.4 is 4.74 Å². The van der Waals surface area contributed by atoms with Gasteiger partial charge in [0.2, 0.25) is 0 Å². The zero-order valence-corrected chi connectivity index (χ0v) is 18.6. The summed E-state index contributed by atoms with van der Waals surface area (Å²) in [6, 6.07) is 18.2. The predicted octanol–water partition coefficient (Wildman–Crippen LogP) is 6.37. The van der Waals surface area contributed by atoms with E-state index in [2.05, 4.69) is 43.1 Å². The number of fused-ring (bicyclic) bond motifs is 1. The maximum absolute atomic E-state index is 6.20. The molecule has 160 valence electrons. The normalized spacial score (nSPS) is 15.2. The van der Waals surface area contributed by atoms with Crippen LogP contribution in [0, 0.1) is 11.8 Å². The van der Waals surface area contributed by atoms with Crippen molar-refractivity contribution >= 4 is 5.57 Å². The maximum atomic E-state index is 6.20. The van der Waals surface area contributed by atoms with Crippen LogP contribution in [0.3, 0.4) is 0 Å². The van der Waals surface area contributed by atoms with E-state index in [-0.39, 0.29) is 6.10 Å². The molecule has 0 saturated heterocycles. The summed E-state index contributed by atoms with van der Waals surface area (Å²) in [5, 5.41) is 0. The van der Waals surface area contributed by atoms with Crippen LogP contribution in [0.1, 0.15) is 56.4 Å². The molecule has 1 aliphatic rings. The lowest BCUT2D eigenvalue weighted by Gasteiger charge is -2.13. The molecule has 1 aliphatic heterocycles. The van der Waals surface area contributed by atoms with Crippen LogP contribution in [0.4, 0.5) is 0 Å². The molecule has 1 atom stereocenters. The van der Waals surface area contributed by atoms with E-state index in [1.54, 1.807) is 0 Å². The topological polar surface area (TPSA) is 47.9 Å². The maximum Gasteiger partial charge on any atom is 0.174 e. The molecule has 0 spiro atoms. The minimum atomic E-state index is -0.223. The Bertz CT molecular complexity index is 1160. The van der Waals surface area contributed by atoms with Gasteiger partial charge >= 0.3 is 0 Å². The highest BCUT2D eigenvalue weighted by Crippen LogP contribution is 2.35. The van der Waals surface area contributed by atoms with Gasteiger partial charge in [-0.1, -0.05) is 86.0 Å². The second-order valence-corrected chi connectivity index (χ2v) is 7.61. The number of benzene rings is 2. The number of rotatable bonds is 7. The second-order valence-electron chi connectivity index (χ2n) is 7.61. The standard InChI is InChI=1S/C28H27N3O/c1-3-5-7-9-15-21(14-6-4-2)26-29-27(22-16-10-8-11-17-22)31-28(30-26)25-20-23-18-12-13-19-24(23)32-25/h8-19,25H,4,6-7,20H2,1-2H3/b15-9-,21-14+. The van der Waals surface area contributed by atoms with Crippen LogP contribution >= 0.6 is 0 Å². The van der Waals surface area contributed by atoms with Crippen LogP contribution in [0.5, 0.6) is 5.75 Å². The minimum Gasteiger partial charge on any atom is -0.482 e. The number of aromatic nitrogens is 3. The third-order valence-electron chi connectivity index (χ3n) is 5.23. The fraction of sp³-hybridized carbons (Fsp3) is 0.250. The van der Waals surface area contributed by atoms with E-state index in [9.17, 15) is 0 Å². The van der Waals surface area contributed by atoms with Gasteiger partial charge in [0.25, 0.3) is 0 Å². The van der Waals surface area contributed by atoms with Crippen molar-refractivity contribution in [3.05, 3.63) is 90.0 Å². The summed E-state index contributed by atoms with van der Waals surface area (Å²) in [4.78, 5) is 14.5. The molecule has 4 heteroatoms. The fourth-order valence-electron chi connectivity index (χ4n) is 3.59. The third-order valence-corrected chi connectivity index (χ3v) is 5.23. The predicted molar refractivity (Wildman–Crippen MR) is 129 cm³/mol. The number of nitrogens with zero attached hydrogens (tertiary/aromatic N) is 3. The highest BCUT2D eigenvalue weighted by molar-refractivity contribution is 5.70. The molecule has 0 amide bonds. The highest BCUT2D eigenvalue weighted by Gasteiger charge is 2.27. The molecule has 32 heavy (non-hydrogen) atoms. The van der Waals surface area contributed by atoms with Crippen LogP contribution in [0.2, 0.25) is 0 Å². The lowest BCUT2D eigenvalue weighted by Crippen LogP contribution is -2.12. The van der Waals surface area contributed by atoms with Crippen molar-refractivity contribution in [3.8, 4) is 29.0 Å². The van der Waals surface area contributed by atoms with E-state index >= 15 is 0 Å². The SMILES string of the molecule is CC#CC/C=C\C(=C/CCC)c1nc(-c2ccccc2)nc(C2Cc3ccccc3O2)n1. The second kappa shape index (κ2) is 10.5. The summed E-state index contributed by atoms with van der Waals surface area (Å²) in [6.07, 6.45) is 9.55. The molecular formula is C28H27N3O. The number of ether oxygens (including phenoxy) is 1. The largest absolute Gasteiger partial charge is 0.482 e. The van der Waals surface area contributed by atoms with Crippen LogP contribution in [0.15, 0.2) is 72.8 Å². The minimum absolute atomic E-state index is 0.223. The molecule has 2 aromatic carbocycles. The average molecular weight is 422 g/mol. The lowest BCUT2D eigenvalue weighted by atomic mass is 10.1. The van der Waals surface area contributed by atoms with Crippen molar-refractivity contribution in [1.82, 2.24) is 15.0 Å². The van der Waals surface area contributed by atoms with Gasteiger partial charge in [-0.05, 0) is 25.0 Å². The van der Waals surface area contributed by atoms with E-state index in [1.165, 1.54) is 5.56 Å². The van der Waals surface area contributed by atoms with Gasteiger partial charge in [-0.15, -0.1) is 5.92 Å². The lowest BCUT2D eigenvalue weighted by molar-refractivity contribution is 0.227. The quantitative estimate of drug-likeness (QED) is 0.329. The molecule has 4 rings (SSSR count). The average Bonchev–Trinajstić information content (AvgIpc) is 3.28. The van der Waals surface area contributed by atoms with Gasteiger partial charge in [-0.3, -0.25) is 0 Å². The Kier molecular flexibility index (Phi) is 7.09. The first-order valence-corrected chi connectivity index (χ1v) is 11.1. The molecule has 3 aromatic rings. The fourth-order valence-corrected chi connectivity index (χ4v) is 3.59. The third kappa shape index (κ3) is 5.12. The number of unbranched alkanes of at least 4 members (excludes halogenated alkanes) is 1. The van der Waals surface area contributed by atoms with Gasteiger partial charge in [0, 0.05) is 24.0 Å². The van der Waals surface area contributed by atoms with Crippen molar-refractivity contribution in [2.24, 2.45) is 0 Å². The Labute approximate surface area is 190 Å². The molecule has 1 unspecified atom stereocenters. The number of para-hydroxylation sites is 1. The zero-order valence-electron chi connectivity index (χ0n) is 18.6. The molecule has 0 aliphatic carbocycles. The Morgan fingerprint density at radius 3 is 2.66 bits per heavy atom. The van der Waals surface area contributed by atoms with Crippen LogP contribution in [-0.2, 0) is 6.42 Å². The summed E-state index contributed by atoms with van der Waals surface area (Å²) in [6.45, 7) is 4.02. The van der Waals surface area contributed by atoms with Gasteiger partial charge in [-0.25, -0.2) is 15.0 Å². The highest BCUT2D eigenvalue weighted by atomic mass is 16.5. The van der Waals surface area contributed by atoms with E-state index < -0.39 is 0 Å². The van der Waals surface area contributed by atoms with Crippen LogP contribution in [-0.4, -0.2) is 15.0 Å². The van der Waals surface area contributed by atoms with Gasteiger partial charge < -0.3 is 4.74 Å². The smallest absolute Gasteiger partial charge is 0.174 e. The number of hydrogen-bond donors (Lipinski definition) is 0. The van der Waals surface area contributed by atoms with Crippen molar-refractivity contribution in [1.29, 1.82) is 0 Å². The van der Waals surface area contributed by atoms with E-state index in [0.29, 0.717) is 23.9 Å². The Balaban J connectivity index is 1.76. The summed E-state index contributed by atoms with van der Waals surface area (Å²) in [5.74, 6) is 8.90. The summed E-state index contributed by atoms with van der Waals surface area (Å²) in [7, 11) is 0. The van der Waals surface area contributed by atoms with E-state index in [0.717, 1.165) is 36.1 Å². The van der Waals surface area contributed by atoms with Gasteiger partial charge in [0.05, 0.1) is 0 Å². The molecule has 4 nitrogen and oxygen atoms in total. The van der Waals surface area contributed by atoms with E-state index in [1.807, 2.05) is 55.5 Å². The molecule has 0 radical (unpaired) electrons. The Morgan fingerprint density at radius 1 is 1.06 bits per heavy atom. The van der Waals surface area contributed by atoms with Gasteiger partial charge in [-0.2, -0.15) is 0 Å². The first-order valence-electron chi connectivity index (χ1n) is 11.1. The zero-order chi connectivity index (χ0) is 22.2. The molecule has 2 heterocycles. The van der Waals surface area contributed by atoms with E-state index in [4.69, 9.17) is 19.7 Å². The first-order chi connectivity index (χ1) is 15.8. The van der Waals surface area contributed by atoms with Gasteiger partial charge in [0.15, 0.2) is 23.6 Å². The van der Waals surface area contributed by atoms with Crippen molar-refractivity contribution < 1.29 is 4.74 Å². The molecule has 0 N–H and O–H groups in total. The summed E-state index contributed by atoms with van der Waals surface area (Å²) < 4.78 is 6.20. The van der Waals surface area contributed by atoms with Crippen molar-refractivity contribution in [2.75, 3.05) is 0 Å². The first kappa shape index (κ1) is 21.5. The van der Waals surface area contributed by atoms with Crippen LogP contribution in [0.25, 0.3) is 17.0 Å². The van der Waals surface area contributed by atoms with Gasteiger partial charge in [0.1, 0.15) is 5.75 Å². The molecule has 0 fully saturated rings.